The topological polar surface area (TPSA) is 61.6 Å². The maximum Gasteiger partial charge on any atom is 0.240 e. The summed E-state index contributed by atoms with van der Waals surface area (Å²) >= 11 is 0. The molecule has 1 aliphatic heterocycles. The van der Waals surface area contributed by atoms with Crippen molar-refractivity contribution in [3.8, 4) is 0 Å². The molecule has 0 radical (unpaired) electrons. The van der Waals surface area contributed by atoms with Gasteiger partial charge in [-0.1, -0.05) is 6.07 Å². The zero-order chi connectivity index (χ0) is 15.5. The maximum atomic E-state index is 11.7. The second-order valence-corrected chi connectivity index (χ2v) is 6.56. The molecule has 128 valence electrons. The summed E-state index contributed by atoms with van der Waals surface area (Å²) in [6, 6.07) is 7.56. The molecule has 1 aliphatic carbocycles. The SMILES string of the molecule is CC(N)C(=O)Nc1cccc(N2CCN(CC3CC3)CC2)c1.Cl. The number of piperazine rings is 1. The zero-order valence-corrected chi connectivity index (χ0v) is 14.5. The molecule has 1 aromatic carbocycles. The van der Waals surface area contributed by atoms with Crippen molar-refractivity contribution in [3.63, 3.8) is 0 Å². The van der Waals surface area contributed by atoms with Gasteiger partial charge in [-0.25, -0.2) is 0 Å². The molecule has 3 rings (SSSR count). The van der Waals surface area contributed by atoms with Gasteiger partial charge in [-0.3, -0.25) is 9.69 Å². The smallest absolute Gasteiger partial charge is 0.240 e. The van der Waals surface area contributed by atoms with Gasteiger partial charge in [0.2, 0.25) is 5.91 Å². The van der Waals surface area contributed by atoms with Crippen molar-refractivity contribution in [2.45, 2.75) is 25.8 Å². The Morgan fingerprint density at radius 2 is 2.00 bits per heavy atom. The largest absolute Gasteiger partial charge is 0.369 e. The highest BCUT2D eigenvalue weighted by molar-refractivity contribution is 5.94. The van der Waals surface area contributed by atoms with Gasteiger partial charge in [-0.05, 0) is 43.9 Å². The Morgan fingerprint density at radius 3 is 2.61 bits per heavy atom. The van der Waals surface area contributed by atoms with Crippen LogP contribution in [-0.2, 0) is 4.79 Å². The van der Waals surface area contributed by atoms with Gasteiger partial charge in [0, 0.05) is 44.1 Å². The van der Waals surface area contributed by atoms with E-state index in [4.69, 9.17) is 5.73 Å². The van der Waals surface area contributed by atoms with Crippen LogP contribution in [0.4, 0.5) is 11.4 Å². The zero-order valence-electron chi connectivity index (χ0n) is 13.7. The van der Waals surface area contributed by atoms with Gasteiger partial charge in [-0.2, -0.15) is 0 Å². The van der Waals surface area contributed by atoms with E-state index in [0.29, 0.717) is 0 Å². The minimum atomic E-state index is -0.491. The first kappa shape index (κ1) is 18.0. The number of benzene rings is 1. The lowest BCUT2D eigenvalue weighted by Crippen LogP contribution is -2.47. The maximum absolute atomic E-state index is 11.7. The van der Waals surface area contributed by atoms with E-state index in [-0.39, 0.29) is 18.3 Å². The van der Waals surface area contributed by atoms with E-state index in [0.717, 1.165) is 37.8 Å². The second-order valence-electron chi connectivity index (χ2n) is 6.56. The van der Waals surface area contributed by atoms with Crippen molar-refractivity contribution >= 4 is 29.7 Å². The van der Waals surface area contributed by atoms with E-state index in [9.17, 15) is 4.79 Å². The van der Waals surface area contributed by atoms with E-state index in [2.05, 4.69) is 21.2 Å². The van der Waals surface area contributed by atoms with E-state index >= 15 is 0 Å². The summed E-state index contributed by atoms with van der Waals surface area (Å²) in [7, 11) is 0. The summed E-state index contributed by atoms with van der Waals surface area (Å²) in [5.41, 5.74) is 7.59. The van der Waals surface area contributed by atoms with Crippen LogP contribution in [0.15, 0.2) is 24.3 Å². The Morgan fingerprint density at radius 1 is 1.30 bits per heavy atom. The number of nitrogens with one attached hydrogen (secondary N) is 1. The standard InChI is InChI=1S/C17H26N4O.ClH/c1-13(18)17(22)19-15-3-2-4-16(11-15)21-9-7-20(8-10-21)12-14-5-6-14;/h2-4,11,13-14H,5-10,12,18H2,1H3,(H,19,22);1H. The number of hydrogen-bond acceptors (Lipinski definition) is 4. The molecule has 1 atom stereocenters. The van der Waals surface area contributed by atoms with Gasteiger partial charge in [0.05, 0.1) is 6.04 Å². The number of carbonyl (C=O) groups excluding carboxylic acids is 1. The highest BCUT2D eigenvalue weighted by Crippen LogP contribution is 2.30. The molecule has 0 spiro atoms. The first-order valence-electron chi connectivity index (χ1n) is 8.25. The molecular weight excluding hydrogens is 312 g/mol. The number of amides is 1. The van der Waals surface area contributed by atoms with Gasteiger partial charge >= 0.3 is 0 Å². The Bertz CT molecular complexity index is 525. The van der Waals surface area contributed by atoms with Crippen LogP contribution >= 0.6 is 12.4 Å². The molecular formula is C17H27ClN4O. The van der Waals surface area contributed by atoms with Crippen molar-refractivity contribution in [1.82, 2.24) is 4.90 Å². The summed E-state index contributed by atoms with van der Waals surface area (Å²) in [4.78, 5) is 16.7. The Balaban J connectivity index is 0.00000192. The van der Waals surface area contributed by atoms with Crippen molar-refractivity contribution in [1.29, 1.82) is 0 Å². The fraction of sp³-hybridized carbons (Fsp3) is 0.588. The summed E-state index contributed by atoms with van der Waals surface area (Å²) < 4.78 is 0. The van der Waals surface area contributed by atoms with Gasteiger partial charge in [0.15, 0.2) is 0 Å². The van der Waals surface area contributed by atoms with Gasteiger partial charge < -0.3 is 16.0 Å². The second kappa shape index (κ2) is 7.99. The molecule has 5 nitrogen and oxygen atoms in total. The molecule has 23 heavy (non-hydrogen) atoms. The molecule has 2 fully saturated rings. The Kier molecular flexibility index (Phi) is 6.27. The first-order chi connectivity index (χ1) is 10.6. The molecule has 6 heteroatoms. The van der Waals surface area contributed by atoms with Crippen LogP contribution in [-0.4, -0.2) is 49.6 Å². The summed E-state index contributed by atoms with van der Waals surface area (Å²) in [5.74, 6) is 0.815. The molecule has 1 aromatic rings. The molecule has 1 amide bonds. The Hall–Kier alpha value is -1.30. The van der Waals surface area contributed by atoms with Gasteiger partial charge in [-0.15, -0.1) is 12.4 Å². The van der Waals surface area contributed by atoms with Crippen LogP contribution in [0.25, 0.3) is 0 Å². The fourth-order valence-electron chi connectivity index (χ4n) is 2.89. The number of nitrogens with two attached hydrogens (primary N) is 1. The van der Waals surface area contributed by atoms with Crippen LogP contribution in [0, 0.1) is 5.92 Å². The van der Waals surface area contributed by atoms with Crippen LogP contribution in [0.1, 0.15) is 19.8 Å². The van der Waals surface area contributed by atoms with Crippen LogP contribution in [0.3, 0.4) is 0 Å². The molecule has 0 aromatic heterocycles. The van der Waals surface area contributed by atoms with Crippen LogP contribution < -0.4 is 16.0 Å². The fourth-order valence-corrected chi connectivity index (χ4v) is 2.89. The lowest BCUT2D eigenvalue weighted by Gasteiger charge is -2.36. The van der Waals surface area contributed by atoms with E-state index in [1.807, 2.05) is 18.2 Å². The molecule has 1 heterocycles. The number of nitrogens with zero attached hydrogens (tertiary/aromatic N) is 2. The summed E-state index contributed by atoms with van der Waals surface area (Å²) in [6.07, 6.45) is 2.84. The molecule has 2 aliphatic rings. The number of halogens is 1. The van der Waals surface area contributed by atoms with Gasteiger partial charge in [0.1, 0.15) is 0 Å². The average molecular weight is 339 g/mol. The molecule has 1 unspecified atom stereocenters. The van der Waals surface area contributed by atoms with Crippen molar-refractivity contribution in [3.05, 3.63) is 24.3 Å². The third-order valence-electron chi connectivity index (χ3n) is 4.48. The minimum absolute atomic E-state index is 0. The first-order valence-corrected chi connectivity index (χ1v) is 8.25. The highest BCUT2D eigenvalue weighted by Gasteiger charge is 2.26. The number of rotatable bonds is 5. The summed E-state index contributed by atoms with van der Waals surface area (Å²) in [5, 5.41) is 2.86. The quantitative estimate of drug-likeness (QED) is 0.861. The summed E-state index contributed by atoms with van der Waals surface area (Å²) in [6.45, 7) is 7.34. The van der Waals surface area contributed by atoms with Crippen LogP contribution in [0.5, 0.6) is 0 Å². The van der Waals surface area contributed by atoms with Crippen molar-refractivity contribution < 1.29 is 4.79 Å². The number of hydrogen-bond donors (Lipinski definition) is 2. The number of carbonyl (C=O) groups is 1. The number of anilines is 2. The molecule has 1 saturated carbocycles. The highest BCUT2D eigenvalue weighted by atomic mass is 35.5. The lowest BCUT2D eigenvalue weighted by atomic mass is 10.2. The predicted molar refractivity (Wildman–Crippen MR) is 97.3 cm³/mol. The monoisotopic (exact) mass is 338 g/mol. The van der Waals surface area contributed by atoms with Crippen LogP contribution in [0.2, 0.25) is 0 Å². The van der Waals surface area contributed by atoms with E-state index in [1.54, 1.807) is 6.92 Å². The molecule has 3 N–H and O–H groups in total. The predicted octanol–water partition coefficient (Wildman–Crippen LogP) is 1.93. The minimum Gasteiger partial charge on any atom is -0.369 e. The normalized spacial score (nSPS) is 19.8. The third-order valence-corrected chi connectivity index (χ3v) is 4.48. The van der Waals surface area contributed by atoms with Crippen molar-refractivity contribution in [2.24, 2.45) is 11.7 Å². The molecule has 1 saturated heterocycles. The molecule has 0 bridgehead atoms. The van der Waals surface area contributed by atoms with Gasteiger partial charge in [0.25, 0.3) is 0 Å². The van der Waals surface area contributed by atoms with E-state index in [1.165, 1.54) is 25.1 Å². The Labute approximate surface area is 144 Å². The lowest BCUT2D eigenvalue weighted by molar-refractivity contribution is -0.117. The third kappa shape index (κ3) is 5.09. The van der Waals surface area contributed by atoms with Crippen molar-refractivity contribution in [2.75, 3.05) is 42.9 Å². The van der Waals surface area contributed by atoms with E-state index < -0.39 is 6.04 Å². The average Bonchev–Trinajstić information content (AvgIpc) is 3.32.